The summed E-state index contributed by atoms with van der Waals surface area (Å²) in [5.74, 6) is 0. The monoisotopic (exact) mass is 266 g/mol. The standard InChI is InChI=1S/C14H22N2O3/c1-10(17)12-6-7-15-9-11(12)5-8-16-13(18)19-14(2,3)4/h6-7,9-10,17H,5,8H2,1-4H3,(H,16,18). The highest BCUT2D eigenvalue weighted by molar-refractivity contribution is 5.67. The Kier molecular flexibility index (Phi) is 5.30. The van der Waals surface area contributed by atoms with E-state index in [1.807, 2.05) is 20.8 Å². The maximum atomic E-state index is 11.5. The normalized spacial score (nSPS) is 12.9. The molecule has 0 bridgehead atoms. The maximum absolute atomic E-state index is 11.5. The van der Waals surface area contributed by atoms with E-state index in [2.05, 4.69) is 10.3 Å². The van der Waals surface area contributed by atoms with Gasteiger partial charge >= 0.3 is 6.09 Å². The van der Waals surface area contributed by atoms with Crippen LogP contribution in [0.2, 0.25) is 0 Å². The van der Waals surface area contributed by atoms with Crippen molar-refractivity contribution >= 4 is 6.09 Å². The second-order valence-corrected chi connectivity index (χ2v) is 5.43. The zero-order chi connectivity index (χ0) is 14.5. The number of ether oxygens (including phenoxy) is 1. The number of amides is 1. The zero-order valence-electron chi connectivity index (χ0n) is 11.9. The number of nitrogens with zero attached hydrogens (tertiary/aromatic N) is 1. The van der Waals surface area contributed by atoms with Crippen LogP contribution in [-0.2, 0) is 11.2 Å². The lowest BCUT2D eigenvalue weighted by atomic mass is 10.0. The van der Waals surface area contributed by atoms with Crippen molar-refractivity contribution in [2.24, 2.45) is 0 Å². The van der Waals surface area contributed by atoms with Crippen LogP contribution in [0.4, 0.5) is 4.79 Å². The molecular formula is C14H22N2O3. The number of aromatic nitrogens is 1. The summed E-state index contributed by atoms with van der Waals surface area (Å²) in [6, 6.07) is 1.79. The first-order valence-electron chi connectivity index (χ1n) is 6.37. The third-order valence-electron chi connectivity index (χ3n) is 2.45. The topological polar surface area (TPSA) is 71.5 Å². The van der Waals surface area contributed by atoms with E-state index in [0.29, 0.717) is 13.0 Å². The van der Waals surface area contributed by atoms with E-state index in [1.165, 1.54) is 0 Å². The molecule has 19 heavy (non-hydrogen) atoms. The van der Waals surface area contributed by atoms with Crippen LogP contribution in [0.1, 0.15) is 44.9 Å². The van der Waals surface area contributed by atoms with Gasteiger partial charge in [-0.15, -0.1) is 0 Å². The number of hydrogen-bond acceptors (Lipinski definition) is 4. The van der Waals surface area contributed by atoms with Crippen molar-refractivity contribution in [1.29, 1.82) is 0 Å². The minimum Gasteiger partial charge on any atom is -0.444 e. The first kappa shape index (κ1) is 15.4. The van der Waals surface area contributed by atoms with Crippen molar-refractivity contribution in [3.05, 3.63) is 29.6 Å². The van der Waals surface area contributed by atoms with Gasteiger partial charge < -0.3 is 15.2 Å². The average molecular weight is 266 g/mol. The predicted octanol–water partition coefficient (Wildman–Crippen LogP) is 2.20. The van der Waals surface area contributed by atoms with E-state index >= 15 is 0 Å². The summed E-state index contributed by atoms with van der Waals surface area (Å²) < 4.78 is 5.14. The Labute approximate surface area is 114 Å². The van der Waals surface area contributed by atoms with E-state index in [0.717, 1.165) is 11.1 Å². The molecule has 0 saturated carbocycles. The molecule has 1 atom stereocenters. The van der Waals surface area contributed by atoms with Gasteiger partial charge in [0.2, 0.25) is 0 Å². The van der Waals surface area contributed by atoms with Crippen molar-refractivity contribution < 1.29 is 14.6 Å². The number of aliphatic hydroxyl groups is 1. The van der Waals surface area contributed by atoms with Gasteiger partial charge in [0.1, 0.15) is 5.60 Å². The predicted molar refractivity (Wildman–Crippen MR) is 72.8 cm³/mol. The molecule has 106 valence electrons. The largest absolute Gasteiger partial charge is 0.444 e. The Morgan fingerprint density at radius 3 is 2.79 bits per heavy atom. The Hall–Kier alpha value is -1.62. The molecular weight excluding hydrogens is 244 g/mol. The van der Waals surface area contributed by atoms with Crippen molar-refractivity contribution in [1.82, 2.24) is 10.3 Å². The van der Waals surface area contributed by atoms with Gasteiger partial charge in [0.05, 0.1) is 6.10 Å². The highest BCUT2D eigenvalue weighted by Gasteiger charge is 2.15. The molecule has 1 aromatic rings. The fourth-order valence-corrected chi connectivity index (χ4v) is 1.67. The van der Waals surface area contributed by atoms with Crippen molar-refractivity contribution in [3.63, 3.8) is 0 Å². The van der Waals surface area contributed by atoms with Crippen LogP contribution in [0.3, 0.4) is 0 Å². The molecule has 1 amide bonds. The molecule has 0 aliphatic rings. The zero-order valence-corrected chi connectivity index (χ0v) is 11.9. The minimum absolute atomic E-state index is 0.435. The summed E-state index contributed by atoms with van der Waals surface area (Å²) >= 11 is 0. The Bertz CT molecular complexity index is 425. The molecule has 0 saturated heterocycles. The van der Waals surface area contributed by atoms with Crippen LogP contribution in [0.5, 0.6) is 0 Å². The Balaban J connectivity index is 2.48. The summed E-state index contributed by atoms with van der Waals surface area (Å²) in [6.45, 7) is 7.61. The van der Waals surface area contributed by atoms with Crippen LogP contribution in [0.15, 0.2) is 18.5 Å². The molecule has 0 radical (unpaired) electrons. The van der Waals surface area contributed by atoms with Gasteiger partial charge in [-0.3, -0.25) is 4.98 Å². The number of aliphatic hydroxyl groups excluding tert-OH is 1. The molecule has 1 unspecified atom stereocenters. The molecule has 5 heteroatoms. The SMILES string of the molecule is CC(O)c1ccncc1CCNC(=O)OC(C)(C)C. The number of carbonyl (C=O) groups excluding carboxylic acids is 1. The molecule has 0 aliphatic carbocycles. The minimum atomic E-state index is -0.542. The van der Waals surface area contributed by atoms with E-state index < -0.39 is 17.8 Å². The number of nitrogens with one attached hydrogen (secondary N) is 1. The fraction of sp³-hybridized carbons (Fsp3) is 0.571. The first-order chi connectivity index (χ1) is 8.79. The average Bonchev–Trinajstić information content (AvgIpc) is 2.27. The Morgan fingerprint density at radius 1 is 1.53 bits per heavy atom. The van der Waals surface area contributed by atoms with E-state index in [9.17, 15) is 9.90 Å². The van der Waals surface area contributed by atoms with E-state index in [1.54, 1.807) is 25.4 Å². The quantitative estimate of drug-likeness (QED) is 0.876. The highest BCUT2D eigenvalue weighted by atomic mass is 16.6. The third kappa shape index (κ3) is 5.70. The summed E-state index contributed by atoms with van der Waals surface area (Å²) in [6.07, 6.45) is 2.98. The summed E-state index contributed by atoms with van der Waals surface area (Å²) in [5, 5.41) is 12.3. The van der Waals surface area contributed by atoms with Crippen LogP contribution in [0, 0.1) is 0 Å². The smallest absolute Gasteiger partial charge is 0.407 e. The lowest BCUT2D eigenvalue weighted by molar-refractivity contribution is 0.0528. The van der Waals surface area contributed by atoms with Gasteiger partial charge in [-0.05, 0) is 51.3 Å². The van der Waals surface area contributed by atoms with Crippen molar-refractivity contribution in [2.75, 3.05) is 6.54 Å². The number of pyridine rings is 1. The van der Waals surface area contributed by atoms with E-state index in [-0.39, 0.29) is 0 Å². The molecule has 5 nitrogen and oxygen atoms in total. The second-order valence-electron chi connectivity index (χ2n) is 5.43. The maximum Gasteiger partial charge on any atom is 0.407 e. The summed E-state index contributed by atoms with van der Waals surface area (Å²) in [5.41, 5.74) is 1.26. The van der Waals surface area contributed by atoms with Crippen LogP contribution in [-0.4, -0.2) is 28.3 Å². The van der Waals surface area contributed by atoms with Gasteiger partial charge in [-0.25, -0.2) is 4.79 Å². The van der Waals surface area contributed by atoms with Crippen LogP contribution in [0.25, 0.3) is 0 Å². The molecule has 0 aromatic carbocycles. The number of rotatable bonds is 4. The van der Waals surface area contributed by atoms with Crippen LogP contribution >= 0.6 is 0 Å². The number of alkyl carbamates (subject to hydrolysis) is 1. The molecule has 0 aliphatic heterocycles. The molecule has 1 rings (SSSR count). The van der Waals surface area contributed by atoms with Gasteiger partial charge in [0, 0.05) is 18.9 Å². The van der Waals surface area contributed by atoms with Crippen molar-refractivity contribution in [2.45, 2.75) is 45.8 Å². The van der Waals surface area contributed by atoms with Gasteiger partial charge in [0.25, 0.3) is 0 Å². The van der Waals surface area contributed by atoms with E-state index in [4.69, 9.17) is 4.74 Å². The molecule has 0 spiro atoms. The van der Waals surface area contributed by atoms with Crippen molar-refractivity contribution in [3.8, 4) is 0 Å². The molecule has 0 fully saturated rings. The van der Waals surface area contributed by atoms with Gasteiger partial charge in [0.15, 0.2) is 0 Å². The number of hydrogen-bond donors (Lipinski definition) is 2. The number of carbonyl (C=O) groups is 1. The third-order valence-corrected chi connectivity index (χ3v) is 2.45. The second kappa shape index (κ2) is 6.52. The molecule has 1 heterocycles. The van der Waals surface area contributed by atoms with Crippen LogP contribution < -0.4 is 5.32 Å². The van der Waals surface area contributed by atoms with Gasteiger partial charge in [-0.1, -0.05) is 0 Å². The fourth-order valence-electron chi connectivity index (χ4n) is 1.67. The Morgan fingerprint density at radius 2 is 2.21 bits per heavy atom. The molecule has 2 N–H and O–H groups in total. The van der Waals surface area contributed by atoms with Gasteiger partial charge in [-0.2, -0.15) is 0 Å². The summed E-state index contributed by atoms with van der Waals surface area (Å²) in [7, 11) is 0. The first-order valence-corrected chi connectivity index (χ1v) is 6.37. The molecule has 1 aromatic heterocycles. The lowest BCUT2D eigenvalue weighted by Gasteiger charge is -2.19. The summed E-state index contributed by atoms with van der Waals surface area (Å²) in [4.78, 5) is 15.5. The highest BCUT2D eigenvalue weighted by Crippen LogP contribution is 2.16. The lowest BCUT2D eigenvalue weighted by Crippen LogP contribution is -2.33.